The third-order valence-corrected chi connectivity index (χ3v) is 5.56. The number of rotatable bonds is 5. The van der Waals surface area contributed by atoms with Crippen molar-refractivity contribution >= 4 is 14.7 Å². The van der Waals surface area contributed by atoms with Crippen LogP contribution in [0, 0.1) is 0 Å². The van der Waals surface area contributed by atoms with Gasteiger partial charge in [-0.3, -0.25) is 4.79 Å². The zero-order valence-corrected chi connectivity index (χ0v) is 10.7. The molecule has 0 radical (unpaired) electrons. The van der Waals surface area contributed by atoms with Crippen LogP contribution in [-0.2, 0) is 18.1 Å². The predicted molar refractivity (Wildman–Crippen MR) is 54.7 cm³/mol. The second-order valence-corrected chi connectivity index (χ2v) is 6.29. The molecular formula is C8H19NO4Si. The number of hydrogen-bond donors (Lipinski definition) is 0. The molecule has 0 aromatic carbocycles. The van der Waals surface area contributed by atoms with Gasteiger partial charge in [0.25, 0.3) is 0 Å². The largest absolute Gasteiger partial charge is 0.523 e. The van der Waals surface area contributed by atoms with Crippen molar-refractivity contribution in [3.05, 3.63) is 0 Å². The molecule has 1 amide bonds. The Morgan fingerprint density at radius 1 is 1.21 bits per heavy atom. The van der Waals surface area contributed by atoms with Gasteiger partial charge in [0.15, 0.2) is 0 Å². The van der Waals surface area contributed by atoms with Gasteiger partial charge in [0.1, 0.15) is 0 Å². The van der Waals surface area contributed by atoms with Gasteiger partial charge in [-0.05, 0) is 6.92 Å². The van der Waals surface area contributed by atoms with Gasteiger partial charge in [-0.1, -0.05) is 0 Å². The van der Waals surface area contributed by atoms with Crippen molar-refractivity contribution in [3.63, 3.8) is 0 Å². The Morgan fingerprint density at radius 2 is 1.57 bits per heavy atom. The maximum atomic E-state index is 11.2. The smallest absolute Gasteiger partial charge is 0.376 e. The van der Waals surface area contributed by atoms with Gasteiger partial charge in [-0.2, -0.15) is 0 Å². The van der Waals surface area contributed by atoms with Crippen LogP contribution in [0.1, 0.15) is 13.8 Å². The van der Waals surface area contributed by atoms with Gasteiger partial charge in [-0.25, -0.2) is 0 Å². The second kappa shape index (κ2) is 5.45. The lowest BCUT2D eigenvalue weighted by molar-refractivity contribution is -0.129. The Bertz CT molecular complexity index is 188. The van der Waals surface area contributed by atoms with Crippen LogP contribution in [0.2, 0.25) is 0 Å². The van der Waals surface area contributed by atoms with E-state index in [1.54, 1.807) is 11.9 Å². The molecule has 0 saturated carbocycles. The third-order valence-electron chi connectivity index (χ3n) is 2.44. The van der Waals surface area contributed by atoms with E-state index in [1.807, 2.05) is 6.92 Å². The van der Waals surface area contributed by atoms with E-state index in [2.05, 4.69) is 0 Å². The predicted octanol–water partition coefficient (Wildman–Crippen LogP) is 0.270. The monoisotopic (exact) mass is 221 g/mol. The summed E-state index contributed by atoms with van der Waals surface area (Å²) in [5, 5.41) is 0. The number of carbonyl (C=O) groups is 1. The highest BCUT2D eigenvalue weighted by Crippen LogP contribution is 2.16. The number of hydrogen-bond acceptors (Lipinski definition) is 4. The van der Waals surface area contributed by atoms with Gasteiger partial charge in [0.2, 0.25) is 5.91 Å². The van der Waals surface area contributed by atoms with Gasteiger partial charge >= 0.3 is 8.80 Å². The molecule has 0 spiro atoms. The minimum atomic E-state index is -2.74. The van der Waals surface area contributed by atoms with Crippen LogP contribution in [0.25, 0.3) is 0 Å². The molecular weight excluding hydrogens is 202 g/mol. The average molecular weight is 221 g/mol. The standard InChI is InChI=1S/C8H19NO4Si/c1-7(10)9(3)8(2)14(11-4,12-5)13-6/h8H,1-6H3. The molecule has 1 unspecified atom stereocenters. The molecule has 0 saturated heterocycles. The molecule has 0 rings (SSSR count). The van der Waals surface area contributed by atoms with Crippen molar-refractivity contribution < 1.29 is 18.1 Å². The van der Waals surface area contributed by atoms with Crippen molar-refractivity contribution in [2.45, 2.75) is 19.5 Å². The van der Waals surface area contributed by atoms with E-state index in [0.717, 1.165) is 0 Å². The van der Waals surface area contributed by atoms with Crippen LogP contribution in [0.5, 0.6) is 0 Å². The summed E-state index contributed by atoms with van der Waals surface area (Å²) in [7, 11) is 3.55. The maximum Gasteiger partial charge on any atom is 0.523 e. The molecule has 6 heteroatoms. The summed E-state index contributed by atoms with van der Waals surface area (Å²) < 4.78 is 15.8. The maximum absolute atomic E-state index is 11.2. The summed E-state index contributed by atoms with van der Waals surface area (Å²) in [6.07, 6.45) is 0. The third kappa shape index (κ3) is 2.54. The minimum Gasteiger partial charge on any atom is -0.376 e. The summed E-state index contributed by atoms with van der Waals surface area (Å²) in [6, 6.07) is 0. The molecule has 5 nitrogen and oxygen atoms in total. The first-order valence-electron chi connectivity index (χ1n) is 4.34. The first-order chi connectivity index (χ1) is 6.45. The fourth-order valence-corrected chi connectivity index (χ4v) is 3.45. The van der Waals surface area contributed by atoms with E-state index in [0.29, 0.717) is 0 Å². The van der Waals surface area contributed by atoms with Crippen LogP contribution in [-0.4, -0.2) is 53.7 Å². The number of nitrogens with zero attached hydrogens (tertiary/aromatic N) is 1. The van der Waals surface area contributed by atoms with Gasteiger partial charge < -0.3 is 18.2 Å². The van der Waals surface area contributed by atoms with Crippen LogP contribution >= 0.6 is 0 Å². The number of amides is 1. The van der Waals surface area contributed by atoms with Crippen molar-refractivity contribution in [2.24, 2.45) is 0 Å². The fourth-order valence-electron chi connectivity index (χ4n) is 1.27. The van der Waals surface area contributed by atoms with Gasteiger partial charge in [0.05, 0.1) is 5.67 Å². The van der Waals surface area contributed by atoms with E-state index >= 15 is 0 Å². The van der Waals surface area contributed by atoms with E-state index in [-0.39, 0.29) is 11.6 Å². The molecule has 14 heavy (non-hydrogen) atoms. The first kappa shape index (κ1) is 13.6. The molecule has 0 aliphatic heterocycles. The average Bonchev–Trinajstić information content (AvgIpc) is 2.19. The zero-order chi connectivity index (χ0) is 11.4. The Balaban J connectivity index is 4.74. The highest BCUT2D eigenvalue weighted by atomic mass is 28.4. The fraction of sp³-hybridized carbons (Fsp3) is 0.875. The lowest BCUT2D eigenvalue weighted by Gasteiger charge is -2.35. The lowest BCUT2D eigenvalue weighted by Crippen LogP contribution is -2.60. The molecule has 0 aromatic rings. The highest BCUT2D eigenvalue weighted by Gasteiger charge is 2.47. The van der Waals surface area contributed by atoms with Gasteiger partial charge in [0, 0.05) is 35.3 Å². The van der Waals surface area contributed by atoms with E-state index in [9.17, 15) is 4.79 Å². The normalized spacial score (nSPS) is 13.9. The molecule has 0 bridgehead atoms. The lowest BCUT2D eigenvalue weighted by atomic mass is 10.5. The molecule has 0 fully saturated rings. The molecule has 0 aromatic heterocycles. The van der Waals surface area contributed by atoms with E-state index in [1.165, 1.54) is 28.3 Å². The SMILES string of the molecule is CO[Si](OC)(OC)C(C)N(C)C(C)=O. The number of carbonyl (C=O) groups excluding carboxylic acids is 1. The topological polar surface area (TPSA) is 48.0 Å². The summed E-state index contributed by atoms with van der Waals surface area (Å²) >= 11 is 0. The Hall–Kier alpha value is -0.433. The summed E-state index contributed by atoms with van der Waals surface area (Å²) in [5.41, 5.74) is -0.194. The molecule has 0 aliphatic rings. The zero-order valence-electron chi connectivity index (χ0n) is 9.66. The Kier molecular flexibility index (Phi) is 5.28. The van der Waals surface area contributed by atoms with E-state index < -0.39 is 8.80 Å². The summed E-state index contributed by atoms with van der Waals surface area (Å²) in [6.45, 7) is 3.35. The summed E-state index contributed by atoms with van der Waals surface area (Å²) in [4.78, 5) is 12.7. The van der Waals surface area contributed by atoms with Crippen molar-refractivity contribution in [2.75, 3.05) is 28.4 Å². The van der Waals surface area contributed by atoms with Crippen LogP contribution < -0.4 is 0 Å². The quantitative estimate of drug-likeness (QED) is 0.625. The molecule has 0 aliphatic carbocycles. The van der Waals surface area contributed by atoms with Crippen molar-refractivity contribution in [3.8, 4) is 0 Å². The molecule has 0 heterocycles. The highest BCUT2D eigenvalue weighted by molar-refractivity contribution is 6.62. The Morgan fingerprint density at radius 3 is 1.79 bits per heavy atom. The van der Waals surface area contributed by atoms with Crippen LogP contribution in [0.4, 0.5) is 0 Å². The van der Waals surface area contributed by atoms with E-state index in [4.69, 9.17) is 13.3 Å². The van der Waals surface area contributed by atoms with Crippen molar-refractivity contribution in [1.82, 2.24) is 4.90 Å². The van der Waals surface area contributed by atoms with Crippen LogP contribution in [0.3, 0.4) is 0 Å². The van der Waals surface area contributed by atoms with Crippen molar-refractivity contribution in [1.29, 1.82) is 0 Å². The summed E-state index contributed by atoms with van der Waals surface area (Å²) in [5.74, 6) is -0.0412. The second-order valence-electron chi connectivity index (χ2n) is 3.02. The Labute approximate surface area is 86.3 Å². The minimum absolute atomic E-state index is 0.0412. The molecule has 0 N–H and O–H groups in total. The molecule has 84 valence electrons. The van der Waals surface area contributed by atoms with Crippen LogP contribution in [0.15, 0.2) is 0 Å². The molecule has 1 atom stereocenters. The van der Waals surface area contributed by atoms with Gasteiger partial charge in [-0.15, -0.1) is 0 Å². The first-order valence-corrected chi connectivity index (χ1v) is 6.14.